The number of nitrogens with one attached hydrogen (secondary N) is 1. The minimum atomic E-state index is -0.263. The fraction of sp³-hybridized carbons (Fsp3) is 0.182. The van der Waals surface area contributed by atoms with Crippen molar-refractivity contribution in [2.45, 2.75) is 23.5 Å². The summed E-state index contributed by atoms with van der Waals surface area (Å²) in [5, 5.41) is 16.3. The first-order chi connectivity index (χ1) is 8.67. The third-order valence-electron chi connectivity index (χ3n) is 2.33. The average Bonchev–Trinajstić information content (AvgIpc) is 2.70. The maximum Gasteiger partial charge on any atom is 0.343 e. The molecule has 0 atom stereocenters. The monoisotopic (exact) mass is 280 g/mol. The zero-order valence-electron chi connectivity index (χ0n) is 9.48. The van der Waals surface area contributed by atoms with E-state index in [1.54, 1.807) is 18.2 Å². The number of nitrogens with zero attached hydrogens (tertiary/aromatic N) is 3. The van der Waals surface area contributed by atoms with Gasteiger partial charge in [0.25, 0.3) is 0 Å². The molecule has 1 N–H and O–H groups in total. The average molecular weight is 281 g/mol. The molecule has 0 aliphatic carbocycles. The predicted octanol–water partition coefficient (Wildman–Crippen LogP) is 2.27. The lowest BCUT2D eigenvalue weighted by atomic mass is 10.2. The molecule has 7 heteroatoms. The van der Waals surface area contributed by atoms with Crippen LogP contribution in [0.5, 0.6) is 0 Å². The first-order valence-electron chi connectivity index (χ1n) is 5.19. The van der Waals surface area contributed by atoms with Gasteiger partial charge in [-0.15, -0.1) is 5.10 Å². The first-order valence-corrected chi connectivity index (χ1v) is 6.38. The molecule has 1 heterocycles. The van der Waals surface area contributed by atoms with E-state index in [2.05, 4.69) is 16.3 Å². The molecule has 1 aromatic heterocycles. The highest BCUT2D eigenvalue weighted by Crippen LogP contribution is 2.31. The van der Waals surface area contributed by atoms with Crippen molar-refractivity contribution >= 4 is 23.4 Å². The Labute approximate surface area is 112 Å². The summed E-state index contributed by atoms with van der Waals surface area (Å²) in [6.07, 6.45) is 0. The molecule has 2 rings (SSSR count). The molecule has 0 aliphatic rings. The Bertz CT molecular complexity index is 670. The quantitative estimate of drug-likeness (QED) is 0.936. The van der Waals surface area contributed by atoms with E-state index >= 15 is 0 Å². The molecule has 0 saturated carbocycles. The summed E-state index contributed by atoms with van der Waals surface area (Å²) in [7, 11) is 0. The van der Waals surface area contributed by atoms with Gasteiger partial charge in [-0.05, 0) is 30.8 Å². The van der Waals surface area contributed by atoms with E-state index in [-0.39, 0.29) is 5.69 Å². The summed E-state index contributed by atoms with van der Waals surface area (Å²) in [4.78, 5) is 12.1. The Kier molecular flexibility index (Phi) is 3.75. The molecule has 92 valence electrons. The molecular weight excluding hydrogens is 272 g/mol. The highest BCUT2D eigenvalue weighted by atomic mass is 35.5. The van der Waals surface area contributed by atoms with Crippen molar-refractivity contribution in [3.05, 3.63) is 39.3 Å². The summed E-state index contributed by atoms with van der Waals surface area (Å²) in [6.45, 7) is 2.37. The number of rotatable bonds is 3. The Balaban J connectivity index is 2.44. The Morgan fingerprint density at radius 2 is 2.39 bits per heavy atom. The van der Waals surface area contributed by atoms with Crippen LogP contribution in [-0.4, -0.2) is 14.8 Å². The lowest BCUT2D eigenvalue weighted by molar-refractivity contribution is 0.660. The number of hydrogen-bond acceptors (Lipinski definition) is 4. The Morgan fingerprint density at radius 3 is 3.06 bits per heavy atom. The van der Waals surface area contributed by atoms with E-state index in [0.29, 0.717) is 27.2 Å². The van der Waals surface area contributed by atoms with Crippen LogP contribution in [0.25, 0.3) is 0 Å². The smallest absolute Gasteiger partial charge is 0.270 e. The minimum Gasteiger partial charge on any atom is -0.270 e. The second-order valence-electron chi connectivity index (χ2n) is 3.38. The van der Waals surface area contributed by atoms with Gasteiger partial charge in [-0.25, -0.2) is 9.89 Å². The van der Waals surface area contributed by atoms with Crippen LogP contribution < -0.4 is 5.69 Å². The van der Waals surface area contributed by atoms with E-state index in [0.717, 1.165) is 0 Å². The molecule has 2 aromatic rings. The highest BCUT2D eigenvalue weighted by molar-refractivity contribution is 7.99. The summed E-state index contributed by atoms with van der Waals surface area (Å²) in [5.74, 6) is 0. The lowest BCUT2D eigenvalue weighted by Crippen LogP contribution is -2.16. The van der Waals surface area contributed by atoms with Crippen LogP contribution in [0, 0.1) is 11.3 Å². The van der Waals surface area contributed by atoms with Crippen LogP contribution in [0.2, 0.25) is 5.02 Å². The maximum atomic E-state index is 11.4. The molecule has 0 fully saturated rings. The number of benzene rings is 1. The zero-order chi connectivity index (χ0) is 13.1. The summed E-state index contributed by atoms with van der Waals surface area (Å²) >= 11 is 7.18. The van der Waals surface area contributed by atoms with Crippen molar-refractivity contribution in [1.82, 2.24) is 14.8 Å². The van der Waals surface area contributed by atoms with Gasteiger partial charge >= 0.3 is 5.69 Å². The molecule has 18 heavy (non-hydrogen) atoms. The largest absolute Gasteiger partial charge is 0.343 e. The molecule has 0 radical (unpaired) electrons. The van der Waals surface area contributed by atoms with Crippen molar-refractivity contribution in [1.29, 1.82) is 5.26 Å². The molecular formula is C11H9ClN4OS. The number of hydrogen-bond donors (Lipinski definition) is 1. The van der Waals surface area contributed by atoms with Crippen molar-refractivity contribution < 1.29 is 0 Å². The first kappa shape index (κ1) is 12.7. The van der Waals surface area contributed by atoms with Gasteiger partial charge in [-0.1, -0.05) is 17.7 Å². The van der Waals surface area contributed by atoms with Crippen LogP contribution >= 0.6 is 23.4 Å². The third kappa shape index (κ3) is 2.28. The summed E-state index contributed by atoms with van der Waals surface area (Å²) in [6, 6.07) is 7.23. The van der Waals surface area contributed by atoms with Crippen molar-refractivity contribution in [3.8, 4) is 6.07 Å². The van der Waals surface area contributed by atoms with Crippen LogP contribution in [0.1, 0.15) is 12.5 Å². The van der Waals surface area contributed by atoms with Gasteiger partial charge in [0, 0.05) is 11.4 Å². The van der Waals surface area contributed by atoms with E-state index in [4.69, 9.17) is 16.9 Å². The topological polar surface area (TPSA) is 74.5 Å². The van der Waals surface area contributed by atoms with E-state index in [1.165, 1.54) is 16.3 Å². The zero-order valence-corrected chi connectivity index (χ0v) is 11.0. The van der Waals surface area contributed by atoms with Gasteiger partial charge in [-0.2, -0.15) is 5.26 Å². The fourth-order valence-corrected chi connectivity index (χ4v) is 2.74. The van der Waals surface area contributed by atoms with Gasteiger partial charge in [-0.3, -0.25) is 4.57 Å². The van der Waals surface area contributed by atoms with E-state index in [9.17, 15) is 4.79 Å². The van der Waals surface area contributed by atoms with Gasteiger partial charge in [0.1, 0.15) is 6.07 Å². The Morgan fingerprint density at radius 1 is 1.61 bits per heavy atom. The van der Waals surface area contributed by atoms with E-state index in [1.807, 2.05) is 6.92 Å². The molecule has 0 spiro atoms. The molecule has 0 aliphatic heterocycles. The maximum absolute atomic E-state index is 11.4. The summed E-state index contributed by atoms with van der Waals surface area (Å²) in [5.41, 5.74) is 0.128. The van der Waals surface area contributed by atoms with Gasteiger partial charge in [0.05, 0.1) is 10.6 Å². The fourth-order valence-electron chi connectivity index (χ4n) is 1.46. The number of halogens is 1. The molecule has 0 saturated heterocycles. The number of nitriles is 1. The van der Waals surface area contributed by atoms with Crippen LogP contribution in [-0.2, 0) is 6.54 Å². The molecule has 1 aromatic carbocycles. The van der Waals surface area contributed by atoms with Gasteiger partial charge in [0.2, 0.25) is 0 Å². The molecule has 0 unspecified atom stereocenters. The predicted molar refractivity (Wildman–Crippen MR) is 68.8 cm³/mol. The second kappa shape index (κ2) is 5.29. The third-order valence-corrected chi connectivity index (χ3v) is 3.70. The normalized spacial score (nSPS) is 10.3. The molecule has 0 amide bonds. The number of aromatic nitrogens is 3. The molecule has 5 nitrogen and oxygen atoms in total. The van der Waals surface area contributed by atoms with Crippen molar-refractivity contribution in [2.75, 3.05) is 0 Å². The van der Waals surface area contributed by atoms with Crippen LogP contribution in [0.15, 0.2) is 33.0 Å². The summed E-state index contributed by atoms with van der Waals surface area (Å²) < 4.78 is 1.49. The van der Waals surface area contributed by atoms with Crippen LogP contribution in [0.4, 0.5) is 0 Å². The molecule has 0 bridgehead atoms. The highest BCUT2D eigenvalue weighted by Gasteiger charge is 2.12. The van der Waals surface area contributed by atoms with Crippen molar-refractivity contribution in [3.63, 3.8) is 0 Å². The number of H-pyrrole nitrogens is 1. The Hall–Kier alpha value is -1.71. The van der Waals surface area contributed by atoms with E-state index < -0.39 is 0 Å². The minimum absolute atomic E-state index is 0.263. The standard InChI is InChI=1S/C11H9ClN4OS/c1-2-16-10(17)14-15-11(16)18-9-5-3-4-8(12)7(9)6-13/h3-5H,2H2,1H3,(H,14,17). The van der Waals surface area contributed by atoms with Crippen LogP contribution in [0.3, 0.4) is 0 Å². The van der Waals surface area contributed by atoms with Gasteiger partial charge < -0.3 is 0 Å². The second-order valence-corrected chi connectivity index (χ2v) is 4.80. The van der Waals surface area contributed by atoms with Crippen molar-refractivity contribution in [2.24, 2.45) is 0 Å². The SMILES string of the molecule is CCn1c(Sc2cccc(Cl)c2C#N)n[nH]c1=O. The number of aromatic amines is 1. The van der Waals surface area contributed by atoms with Gasteiger partial charge in [0.15, 0.2) is 5.16 Å². The lowest BCUT2D eigenvalue weighted by Gasteiger charge is -2.04.